The second kappa shape index (κ2) is 5.67. The fraction of sp³-hybridized carbons (Fsp3) is 0.111. The molecule has 0 aromatic heterocycles. The smallest absolute Gasteiger partial charge is 0.370 e. The highest BCUT2D eigenvalue weighted by Gasteiger charge is 2.31. The molecule has 0 aliphatic heterocycles. The molecule has 0 spiro atoms. The van der Waals surface area contributed by atoms with Gasteiger partial charge in [-0.1, -0.05) is 0 Å². The summed E-state index contributed by atoms with van der Waals surface area (Å²) in [6, 6.07) is 1.45. The van der Waals surface area contributed by atoms with E-state index < -0.39 is 35.0 Å². The zero-order chi connectivity index (χ0) is 13.2. The number of nitrogens with two attached hydrogens (primary N) is 2. The molecule has 0 saturated heterocycles. The highest BCUT2D eigenvalue weighted by molar-refractivity contribution is 6.02. The molecule has 0 radical (unpaired) electrons. The molecule has 9 heteroatoms. The molecule has 1 amide bonds. The van der Waals surface area contributed by atoms with Crippen LogP contribution in [0.3, 0.4) is 0 Å². The van der Waals surface area contributed by atoms with Gasteiger partial charge in [-0.2, -0.15) is 18.2 Å². The Kier molecular flexibility index (Phi) is 5.10. The van der Waals surface area contributed by atoms with Crippen molar-refractivity contribution >= 4 is 24.3 Å². The molecule has 0 aliphatic carbocycles. The maximum absolute atomic E-state index is 13.2. The van der Waals surface area contributed by atoms with E-state index in [4.69, 9.17) is 11.5 Å². The molecule has 4 N–H and O–H groups in total. The number of carbonyl (C=O) groups is 1. The number of aliphatic imine (C=N–C) groups is 1. The minimum absolute atomic E-state index is 0. The van der Waals surface area contributed by atoms with Crippen LogP contribution in [0.2, 0.25) is 0 Å². The van der Waals surface area contributed by atoms with Crippen LogP contribution in [0.15, 0.2) is 23.2 Å². The number of rotatable bonds is 1. The van der Waals surface area contributed by atoms with Crippen LogP contribution in [0.5, 0.6) is 0 Å². The fourth-order valence-electron chi connectivity index (χ4n) is 1.04. The van der Waals surface area contributed by atoms with E-state index in [2.05, 4.69) is 4.99 Å². The van der Waals surface area contributed by atoms with Crippen molar-refractivity contribution in [3.8, 4) is 0 Å². The van der Waals surface area contributed by atoms with E-state index in [0.717, 1.165) is 0 Å². The first-order valence-corrected chi connectivity index (χ1v) is 4.22. The average molecular weight is 286 g/mol. The van der Waals surface area contributed by atoms with Gasteiger partial charge in [0, 0.05) is 0 Å². The van der Waals surface area contributed by atoms with Gasteiger partial charge in [0.25, 0.3) is 5.91 Å². The number of hydrogen-bond acceptors (Lipinski definition) is 1. The van der Waals surface area contributed by atoms with Gasteiger partial charge in [-0.25, -0.2) is 4.39 Å². The second-order valence-electron chi connectivity index (χ2n) is 3.03. The van der Waals surface area contributed by atoms with Gasteiger partial charge >= 0.3 is 6.18 Å². The van der Waals surface area contributed by atoms with Gasteiger partial charge in [0.1, 0.15) is 5.82 Å². The molecule has 0 aliphatic rings. The molecule has 0 saturated carbocycles. The zero-order valence-electron chi connectivity index (χ0n) is 8.66. The Balaban J connectivity index is 0.00000289. The molecule has 0 heterocycles. The van der Waals surface area contributed by atoms with Gasteiger partial charge in [0.05, 0.1) is 11.1 Å². The molecule has 1 aromatic rings. The Labute approximate surface area is 105 Å². The molecule has 18 heavy (non-hydrogen) atoms. The number of guanidine groups is 1. The van der Waals surface area contributed by atoms with E-state index in [1.807, 2.05) is 0 Å². The molecule has 1 rings (SSSR count). The number of nitrogens with zero attached hydrogens (tertiary/aromatic N) is 1. The van der Waals surface area contributed by atoms with E-state index in [1.54, 1.807) is 0 Å². The van der Waals surface area contributed by atoms with Crippen LogP contribution in [0, 0.1) is 5.82 Å². The van der Waals surface area contributed by atoms with Gasteiger partial charge in [-0.3, -0.25) is 4.79 Å². The summed E-state index contributed by atoms with van der Waals surface area (Å²) in [5.41, 5.74) is 7.94. The summed E-state index contributed by atoms with van der Waals surface area (Å²) in [6.45, 7) is 0. The number of amides is 1. The van der Waals surface area contributed by atoms with Gasteiger partial charge in [-0.15, -0.1) is 12.4 Å². The third-order valence-electron chi connectivity index (χ3n) is 1.76. The largest absolute Gasteiger partial charge is 0.416 e. The Bertz CT molecular complexity index is 483. The topological polar surface area (TPSA) is 81.5 Å². The lowest BCUT2D eigenvalue weighted by atomic mass is 10.1. The number of benzene rings is 1. The summed E-state index contributed by atoms with van der Waals surface area (Å²) in [6.07, 6.45) is -4.68. The lowest BCUT2D eigenvalue weighted by molar-refractivity contribution is -0.137. The van der Waals surface area contributed by atoms with Crippen LogP contribution in [0.1, 0.15) is 15.9 Å². The molecule has 1 aromatic carbocycles. The van der Waals surface area contributed by atoms with Crippen LogP contribution in [0.4, 0.5) is 17.6 Å². The minimum Gasteiger partial charge on any atom is -0.370 e. The van der Waals surface area contributed by atoms with Crippen LogP contribution in [-0.4, -0.2) is 11.9 Å². The maximum Gasteiger partial charge on any atom is 0.416 e. The van der Waals surface area contributed by atoms with E-state index in [0.29, 0.717) is 12.1 Å². The predicted molar refractivity (Wildman–Crippen MR) is 58.8 cm³/mol. The number of carbonyl (C=O) groups excluding carboxylic acids is 1. The molecular formula is C9H8ClF4N3O. The third-order valence-corrected chi connectivity index (χ3v) is 1.76. The normalized spacial score (nSPS) is 10.4. The first-order chi connectivity index (χ1) is 7.71. The van der Waals surface area contributed by atoms with Gasteiger partial charge in [0.15, 0.2) is 5.96 Å². The Morgan fingerprint density at radius 3 is 2.17 bits per heavy atom. The third kappa shape index (κ3) is 3.88. The Morgan fingerprint density at radius 2 is 1.78 bits per heavy atom. The van der Waals surface area contributed by atoms with Crippen molar-refractivity contribution in [1.29, 1.82) is 0 Å². The van der Waals surface area contributed by atoms with E-state index >= 15 is 0 Å². The molecule has 4 nitrogen and oxygen atoms in total. The quantitative estimate of drug-likeness (QED) is 0.468. The zero-order valence-corrected chi connectivity index (χ0v) is 9.48. The van der Waals surface area contributed by atoms with Crippen LogP contribution in [-0.2, 0) is 6.18 Å². The summed E-state index contributed by atoms with van der Waals surface area (Å²) in [4.78, 5) is 14.2. The monoisotopic (exact) mass is 285 g/mol. The summed E-state index contributed by atoms with van der Waals surface area (Å²) >= 11 is 0. The molecule has 100 valence electrons. The van der Waals surface area contributed by atoms with Gasteiger partial charge in [0.2, 0.25) is 0 Å². The van der Waals surface area contributed by atoms with E-state index in [9.17, 15) is 22.4 Å². The van der Waals surface area contributed by atoms with E-state index in [1.165, 1.54) is 0 Å². The number of halogens is 5. The van der Waals surface area contributed by atoms with Gasteiger partial charge in [-0.05, 0) is 18.2 Å². The summed E-state index contributed by atoms with van der Waals surface area (Å²) in [7, 11) is 0. The molecule has 0 unspecified atom stereocenters. The van der Waals surface area contributed by atoms with Gasteiger partial charge < -0.3 is 11.5 Å². The van der Waals surface area contributed by atoms with Crippen LogP contribution in [0.25, 0.3) is 0 Å². The second-order valence-corrected chi connectivity index (χ2v) is 3.03. The Morgan fingerprint density at radius 1 is 1.22 bits per heavy atom. The standard InChI is InChI=1S/C9H7F4N3O.ClH/c10-6-3-4(9(11,12)13)1-2-5(6)7(17)16-8(14)15;/h1-3H,(H4,14,15,16,17);1H. The van der Waals surface area contributed by atoms with Crippen molar-refractivity contribution < 1.29 is 22.4 Å². The summed E-state index contributed by atoms with van der Waals surface area (Å²) in [5.74, 6) is -3.08. The molecule has 0 fully saturated rings. The lowest BCUT2D eigenvalue weighted by Crippen LogP contribution is -2.24. The first-order valence-electron chi connectivity index (χ1n) is 4.22. The first kappa shape index (κ1) is 16.2. The van der Waals surface area contributed by atoms with Crippen molar-refractivity contribution in [2.24, 2.45) is 16.5 Å². The van der Waals surface area contributed by atoms with Crippen molar-refractivity contribution in [3.05, 3.63) is 35.1 Å². The number of alkyl halides is 3. The highest BCUT2D eigenvalue weighted by atomic mass is 35.5. The molecule has 0 bridgehead atoms. The predicted octanol–water partition coefficient (Wildman–Crippen LogP) is 1.68. The van der Waals surface area contributed by atoms with Crippen molar-refractivity contribution in [1.82, 2.24) is 0 Å². The lowest BCUT2D eigenvalue weighted by Gasteiger charge is -2.07. The number of hydrogen-bond donors (Lipinski definition) is 2. The maximum atomic E-state index is 13.2. The summed E-state index contributed by atoms with van der Waals surface area (Å²) < 4.78 is 49.8. The molecular weight excluding hydrogens is 278 g/mol. The van der Waals surface area contributed by atoms with Crippen LogP contribution < -0.4 is 11.5 Å². The highest BCUT2D eigenvalue weighted by Crippen LogP contribution is 2.30. The van der Waals surface area contributed by atoms with E-state index in [-0.39, 0.29) is 18.5 Å². The fourth-order valence-corrected chi connectivity index (χ4v) is 1.04. The van der Waals surface area contributed by atoms with Crippen molar-refractivity contribution in [3.63, 3.8) is 0 Å². The average Bonchev–Trinajstić information content (AvgIpc) is 2.14. The Hall–Kier alpha value is -1.83. The SMILES string of the molecule is Cl.NC(N)=NC(=O)c1ccc(C(F)(F)F)cc1F. The minimum atomic E-state index is -4.68. The summed E-state index contributed by atoms with van der Waals surface area (Å²) in [5, 5.41) is 0. The van der Waals surface area contributed by atoms with Crippen molar-refractivity contribution in [2.45, 2.75) is 6.18 Å². The van der Waals surface area contributed by atoms with Crippen molar-refractivity contribution in [2.75, 3.05) is 0 Å². The molecule has 0 atom stereocenters. The van der Waals surface area contributed by atoms with Crippen LogP contribution >= 0.6 is 12.4 Å².